The van der Waals surface area contributed by atoms with Crippen molar-refractivity contribution < 1.29 is 9.21 Å². The molecule has 0 saturated heterocycles. The lowest BCUT2D eigenvalue weighted by Crippen LogP contribution is -1.94. The molecule has 3 nitrogen and oxygen atoms in total. The monoisotopic (exact) mass is 165 g/mol. The van der Waals surface area contributed by atoms with Crippen LogP contribution in [0.1, 0.15) is 22.5 Å². The summed E-state index contributed by atoms with van der Waals surface area (Å²) < 4.78 is 4.89. The number of carbonyl (C=O) groups excluding carboxylic acids is 1. The van der Waals surface area contributed by atoms with Crippen molar-refractivity contribution in [2.45, 2.75) is 6.42 Å². The number of aldehydes is 1. The standard InChI is InChI=1S/C9H11NO2/c10-5-2-1-3-8-4-6-12-9(8)7-11/h1,3-4,6-7H,2,5,10H2. The molecule has 2 N–H and O–H groups in total. The average molecular weight is 165 g/mol. The Morgan fingerprint density at radius 2 is 2.42 bits per heavy atom. The van der Waals surface area contributed by atoms with E-state index in [0.29, 0.717) is 18.6 Å². The maximum Gasteiger partial charge on any atom is 0.185 e. The van der Waals surface area contributed by atoms with Crippen molar-refractivity contribution in [1.82, 2.24) is 0 Å². The molecular formula is C9H11NO2. The molecule has 0 aliphatic carbocycles. The molecule has 1 rings (SSSR count). The van der Waals surface area contributed by atoms with Gasteiger partial charge in [0, 0.05) is 5.56 Å². The molecule has 1 aromatic rings. The molecule has 0 radical (unpaired) electrons. The summed E-state index contributed by atoms with van der Waals surface area (Å²) in [5, 5.41) is 0. The van der Waals surface area contributed by atoms with Gasteiger partial charge in [-0.05, 0) is 19.0 Å². The molecule has 0 amide bonds. The highest BCUT2D eigenvalue weighted by Crippen LogP contribution is 2.09. The van der Waals surface area contributed by atoms with E-state index in [1.54, 1.807) is 6.07 Å². The van der Waals surface area contributed by atoms with Gasteiger partial charge in [-0.25, -0.2) is 0 Å². The summed E-state index contributed by atoms with van der Waals surface area (Å²) >= 11 is 0. The van der Waals surface area contributed by atoms with Crippen LogP contribution in [0.5, 0.6) is 0 Å². The quantitative estimate of drug-likeness (QED) is 0.687. The highest BCUT2D eigenvalue weighted by atomic mass is 16.3. The van der Waals surface area contributed by atoms with Gasteiger partial charge in [0.1, 0.15) is 0 Å². The Balaban J connectivity index is 2.67. The number of hydrogen-bond donors (Lipinski definition) is 1. The molecule has 0 aromatic carbocycles. The van der Waals surface area contributed by atoms with E-state index in [4.69, 9.17) is 10.2 Å². The topological polar surface area (TPSA) is 56.2 Å². The second kappa shape index (κ2) is 4.51. The van der Waals surface area contributed by atoms with Crippen molar-refractivity contribution in [2.24, 2.45) is 5.73 Å². The second-order valence-electron chi connectivity index (χ2n) is 2.34. The minimum Gasteiger partial charge on any atom is -0.461 e. The summed E-state index contributed by atoms with van der Waals surface area (Å²) in [4.78, 5) is 10.4. The molecule has 0 fully saturated rings. The van der Waals surface area contributed by atoms with Crippen molar-refractivity contribution in [3.63, 3.8) is 0 Å². The van der Waals surface area contributed by atoms with Crippen LogP contribution in [0.25, 0.3) is 6.08 Å². The Hall–Kier alpha value is -1.35. The summed E-state index contributed by atoms with van der Waals surface area (Å²) in [7, 11) is 0. The van der Waals surface area contributed by atoms with E-state index in [-0.39, 0.29) is 0 Å². The van der Waals surface area contributed by atoms with Gasteiger partial charge in [0.25, 0.3) is 0 Å². The van der Waals surface area contributed by atoms with Crippen LogP contribution < -0.4 is 5.73 Å². The van der Waals surface area contributed by atoms with Gasteiger partial charge in [0.2, 0.25) is 0 Å². The molecule has 12 heavy (non-hydrogen) atoms. The fraction of sp³-hybridized carbons (Fsp3) is 0.222. The van der Waals surface area contributed by atoms with Crippen molar-refractivity contribution in [3.8, 4) is 0 Å². The molecule has 1 aromatic heterocycles. The molecule has 3 heteroatoms. The Kier molecular flexibility index (Phi) is 3.29. The minimum atomic E-state index is 0.364. The zero-order valence-electron chi connectivity index (χ0n) is 6.69. The molecule has 0 atom stereocenters. The number of nitrogens with two attached hydrogens (primary N) is 1. The molecule has 0 bridgehead atoms. The van der Waals surface area contributed by atoms with Crippen LogP contribution in [0.4, 0.5) is 0 Å². The third kappa shape index (κ3) is 2.07. The fourth-order valence-corrected chi connectivity index (χ4v) is 0.871. The van der Waals surface area contributed by atoms with Crippen LogP contribution in [-0.4, -0.2) is 12.8 Å². The van der Waals surface area contributed by atoms with E-state index >= 15 is 0 Å². The Labute approximate surface area is 70.9 Å². The first kappa shape index (κ1) is 8.74. The van der Waals surface area contributed by atoms with E-state index in [9.17, 15) is 4.79 Å². The zero-order valence-corrected chi connectivity index (χ0v) is 6.69. The lowest BCUT2D eigenvalue weighted by molar-refractivity contribution is 0.110. The van der Waals surface area contributed by atoms with Gasteiger partial charge in [-0.1, -0.05) is 12.2 Å². The van der Waals surface area contributed by atoms with Crippen LogP contribution in [0.2, 0.25) is 0 Å². The predicted octanol–water partition coefficient (Wildman–Crippen LogP) is 1.45. The van der Waals surface area contributed by atoms with Gasteiger partial charge >= 0.3 is 0 Å². The Morgan fingerprint density at radius 3 is 3.08 bits per heavy atom. The molecule has 0 unspecified atom stereocenters. The van der Waals surface area contributed by atoms with Crippen molar-refractivity contribution in [1.29, 1.82) is 0 Å². The summed E-state index contributed by atoms with van der Waals surface area (Å²) in [6, 6.07) is 1.75. The Morgan fingerprint density at radius 1 is 1.58 bits per heavy atom. The normalized spacial score (nSPS) is 10.8. The molecule has 0 aliphatic rings. The number of furan rings is 1. The van der Waals surface area contributed by atoms with Crippen molar-refractivity contribution in [2.75, 3.05) is 6.54 Å². The third-order valence-electron chi connectivity index (χ3n) is 1.46. The first-order chi connectivity index (χ1) is 5.88. The SMILES string of the molecule is NCCC=Cc1ccoc1C=O. The first-order valence-electron chi connectivity index (χ1n) is 3.77. The third-order valence-corrected chi connectivity index (χ3v) is 1.46. The van der Waals surface area contributed by atoms with Crippen LogP contribution in [-0.2, 0) is 0 Å². The summed E-state index contributed by atoms with van der Waals surface area (Å²) in [5.74, 6) is 0.364. The predicted molar refractivity (Wildman–Crippen MR) is 46.8 cm³/mol. The molecular weight excluding hydrogens is 154 g/mol. The van der Waals surface area contributed by atoms with Crippen molar-refractivity contribution in [3.05, 3.63) is 29.7 Å². The minimum absolute atomic E-state index is 0.364. The van der Waals surface area contributed by atoms with Gasteiger partial charge in [-0.15, -0.1) is 0 Å². The summed E-state index contributed by atoms with van der Waals surface area (Å²) in [5.41, 5.74) is 6.10. The van der Waals surface area contributed by atoms with Crippen LogP contribution in [0.15, 0.2) is 22.8 Å². The van der Waals surface area contributed by atoms with Gasteiger partial charge < -0.3 is 10.2 Å². The fourth-order valence-electron chi connectivity index (χ4n) is 0.871. The second-order valence-corrected chi connectivity index (χ2v) is 2.34. The highest BCUT2D eigenvalue weighted by Gasteiger charge is 1.99. The van der Waals surface area contributed by atoms with Crippen molar-refractivity contribution >= 4 is 12.4 Å². The smallest absolute Gasteiger partial charge is 0.185 e. The zero-order chi connectivity index (χ0) is 8.81. The largest absolute Gasteiger partial charge is 0.461 e. The molecule has 0 aliphatic heterocycles. The summed E-state index contributed by atoms with van der Waals surface area (Å²) in [6.45, 7) is 0.616. The maximum absolute atomic E-state index is 10.4. The number of carbonyl (C=O) groups is 1. The Bertz CT molecular complexity index is 276. The van der Waals surface area contributed by atoms with E-state index in [1.165, 1.54) is 6.26 Å². The molecule has 64 valence electrons. The van der Waals surface area contributed by atoms with E-state index < -0.39 is 0 Å². The molecule has 0 saturated carbocycles. The average Bonchev–Trinajstić information content (AvgIpc) is 2.52. The molecule has 1 heterocycles. The maximum atomic E-state index is 10.4. The van der Waals surface area contributed by atoms with Gasteiger partial charge in [0.15, 0.2) is 12.0 Å². The van der Waals surface area contributed by atoms with Gasteiger partial charge in [-0.2, -0.15) is 0 Å². The van der Waals surface area contributed by atoms with E-state index in [2.05, 4.69) is 0 Å². The summed E-state index contributed by atoms with van der Waals surface area (Å²) in [6.07, 6.45) is 6.75. The van der Waals surface area contributed by atoms with E-state index in [1.807, 2.05) is 12.2 Å². The number of hydrogen-bond acceptors (Lipinski definition) is 3. The van der Waals surface area contributed by atoms with E-state index in [0.717, 1.165) is 12.0 Å². The molecule has 0 spiro atoms. The van der Waals surface area contributed by atoms with Gasteiger partial charge in [-0.3, -0.25) is 4.79 Å². The first-order valence-corrected chi connectivity index (χ1v) is 3.77. The number of rotatable bonds is 4. The lowest BCUT2D eigenvalue weighted by atomic mass is 10.2. The van der Waals surface area contributed by atoms with Crippen LogP contribution in [0.3, 0.4) is 0 Å². The highest BCUT2D eigenvalue weighted by molar-refractivity contribution is 5.77. The van der Waals surface area contributed by atoms with Gasteiger partial charge in [0.05, 0.1) is 6.26 Å². The van der Waals surface area contributed by atoms with Crippen LogP contribution in [0, 0.1) is 0 Å². The van der Waals surface area contributed by atoms with Crippen LogP contribution >= 0.6 is 0 Å². The lowest BCUT2D eigenvalue weighted by Gasteiger charge is -1.86.